The molecule has 0 aliphatic carbocycles. The molecular weight excluding hydrogens is 439 g/mol. The van der Waals surface area contributed by atoms with Gasteiger partial charge in [0.15, 0.2) is 0 Å². The molecule has 0 spiro atoms. The van der Waals surface area contributed by atoms with Crippen molar-refractivity contribution in [3.63, 3.8) is 0 Å². The van der Waals surface area contributed by atoms with E-state index in [2.05, 4.69) is 48.3 Å². The van der Waals surface area contributed by atoms with E-state index in [1.807, 2.05) is 24.3 Å². The quantitative estimate of drug-likeness (QED) is 0.475. The summed E-state index contributed by atoms with van der Waals surface area (Å²) in [7, 11) is 4.76. The Morgan fingerprint density at radius 2 is 1.68 bits per heavy atom. The molecule has 98 valence electrons. The van der Waals surface area contributed by atoms with Crippen molar-refractivity contribution in [2.24, 2.45) is 0 Å². The van der Waals surface area contributed by atoms with E-state index in [0.717, 1.165) is 32.3 Å². The van der Waals surface area contributed by atoms with Crippen LogP contribution < -0.4 is 9.47 Å². The average molecular weight is 449 g/mol. The minimum atomic E-state index is 0.773. The highest BCUT2D eigenvalue weighted by Gasteiger charge is 2.07. The van der Waals surface area contributed by atoms with Crippen LogP contribution in [0.2, 0.25) is 0 Å². The molecule has 5 heteroatoms. The van der Waals surface area contributed by atoms with Crippen LogP contribution in [-0.2, 0) is 0 Å². The number of fused-ring (bicyclic) bond motifs is 1. The summed E-state index contributed by atoms with van der Waals surface area (Å²) in [5, 5.41) is 5.13. The van der Waals surface area contributed by atoms with Gasteiger partial charge in [-0.1, -0.05) is 5.92 Å². The predicted molar refractivity (Wildman–Crippen MR) is 93.2 cm³/mol. The average Bonchev–Trinajstić information content (AvgIpc) is 2.43. The highest BCUT2D eigenvalue weighted by molar-refractivity contribution is 14.2. The van der Waals surface area contributed by atoms with Gasteiger partial charge in [-0.2, -0.15) is 0 Å². The lowest BCUT2D eigenvalue weighted by Crippen LogP contribution is -1.90. The first-order valence-corrected chi connectivity index (χ1v) is 9.48. The van der Waals surface area contributed by atoms with Crippen LogP contribution in [0.1, 0.15) is 5.56 Å². The largest absolute Gasteiger partial charge is 0.496 e. The molecule has 0 fully saturated rings. The fourth-order valence-corrected chi connectivity index (χ4v) is 2.78. The number of rotatable bonds is 2. The molecule has 2 nitrogen and oxygen atoms in total. The lowest BCUT2D eigenvalue weighted by molar-refractivity contribution is 0.412. The van der Waals surface area contributed by atoms with Crippen molar-refractivity contribution < 1.29 is 9.47 Å². The number of methoxy groups -OCH3 is 2. The minimum Gasteiger partial charge on any atom is -0.496 e. The van der Waals surface area contributed by atoms with Crippen LogP contribution in [0.25, 0.3) is 10.8 Å². The van der Waals surface area contributed by atoms with Gasteiger partial charge in [-0.25, -0.2) is 0 Å². The maximum absolute atomic E-state index is 5.39. The van der Waals surface area contributed by atoms with Crippen LogP contribution in [0.3, 0.4) is 0 Å². The van der Waals surface area contributed by atoms with E-state index < -0.39 is 0 Å². The van der Waals surface area contributed by atoms with Crippen molar-refractivity contribution in [2.75, 3.05) is 14.2 Å². The van der Waals surface area contributed by atoms with E-state index >= 15 is 0 Å². The molecule has 2 aromatic rings. The molecule has 0 N–H and O–H groups in total. The number of hydrogen-bond donors (Lipinski definition) is 0. The molecule has 0 atom stereocenters. The summed E-state index contributed by atoms with van der Waals surface area (Å²) in [4.78, 5) is 0. The molecule has 0 saturated carbocycles. The molecule has 0 bridgehead atoms. The van der Waals surface area contributed by atoms with Gasteiger partial charge in [0.2, 0.25) is 0 Å². The van der Waals surface area contributed by atoms with E-state index in [1.165, 1.54) is 8.93 Å². The van der Waals surface area contributed by atoms with Gasteiger partial charge in [-0.15, -0.1) is 0 Å². The predicted octanol–water partition coefficient (Wildman–Crippen LogP) is 5.01. The zero-order valence-electron chi connectivity index (χ0n) is 10.3. The van der Waals surface area contributed by atoms with Gasteiger partial charge in [0.1, 0.15) is 11.5 Å². The molecule has 0 amide bonds. The Morgan fingerprint density at radius 3 is 2.32 bits per heavy atom. The first-order valence-electron chi connectivity index (χ1n) is 5.33. The standard InChI is InChI=1S/C14H10BrIO2S/c1-17-13-7-11-8-14(18-2)12(15)6-10(11)5-9(13)3-4-19-16/h5-8H,1-2H3. The summed E-state index contributed by atoms with van der Waals surface area (Å²) in [5.41, 5.74) is 0.885. The van der Waals surface area contributed by atoms with E-state index in [9.17, 15) is 0 Å². The third kappa shape index (κ3) is 3.30. The van der Waals surface area contributed by atoms with Crippen molar-refractivity contribution in [1.29, 1.82) is 0 Å². The second-order valence-corrected chi connectivity index (χ2v) is 6.22. The molecule has 0 heterocycles. The smallest absolute Gasteiger partial charge is 0.135 e. The van der Waals surface area contributed by atoms with Crippen LogP contribution in [0.5, 0.6) is 11.5 Å². The third-order valence-corrected chi connectivity index (χ3v) is 4.11. The third-order valence-electron chi connectivity index (χ3n) is 2.65. The molecule has 0 aliphatic rings. The first kappa shape index (κ1) is 14.8. The Hall–Kier alpha value is -0.580. The van der Waals surface area contributed by atoms with Crippen molar-refractivity contribution in [3.8, 4) is 22.7 Å². The van der Waals surface area contributed by atoms with E-state index in [4.69, 9.17) is 9.47 Å². The SMILES string of the molecule is COc1cc2cc(OC)c(C#CSI)cc2cc1Br. The summed E-state index contributed by atoms with van der Waals surface area (Å²) in [6.07, 6.45) is 0. The van der Waals surface area contributed by atoms with Crippen LogP contribution in [-0.4, -0.2) is 14.2 Å². The van der Waals surface area contributed by atoms with Gasteiger partial charge in [0.25, 0.3) is 0 Å². The molecule has 0 aromatic heterocycles. The Labute approximate surface area is 136 Å². The molecule has 2 rings (SSSR count). The van der Waals surface area contributed by atoms with Gasteiger partial charge < -0.3 is 9.47 Å². The van der Waals surface area contributed by atoms with Crippen LogP contribution in [0.4, 0.5) is 0 Å². The Morgan fingerprint density at radius 1 is 1.05 bits per heavy atom. The maximum Gasteiger partial charge on any atom is 0.135 e. The zero-order chi connectivity index (χ0) is 13.8. The lowest BCUT2D eigenvalue weighted by Gasteiger charge is -2.09. The number of halogens is 2. The first-order chi connectivity index (χ1) is 9.19. The normalized spacial score (nSPS) is 9.89. The molecular formula is C14H10BrIO2S. The number of hydrogen-bond acceptors (Lipinski definition) is 3. The molecule has 0 unspecified atom stereocenters. The molecule has 0 radical (unpaired) electrons. The van der Waals surface area contributed by atoms with Crippen molar-refractivity contribution in [3.05, 3.63) is 34.3 Å². The summed E-state index contributed by atoms with van der Waals surface area (Å²) in [6.45, 7) is 0. The lowest BCUT2D eigenvalue weighted by atomic mass is 10.1. The van der Waals surface area contributed by atoms with Crippen LogP contribution in [0.15, 0.2) is 28.7 Å². The fraction of sp³-hybridized carbons (Fsp3) is 0.143. The highest BCUT2D eigenvalue weighted by atomic mass is 127. The van der Waals surface area contributed by atoms with Crippen molar-refractivity contribution in [2.45, 2.75) is 0 Å². The minimum absolute atomic E-state index is 0.773. The zero-order valence-corrected chi connectivity index (χ0v) is 14.9. The van der Waals surface area contributed by atoms with Gasteiger partial charge in [-0.05, 0) is 65.2 Å². The van der Waals surface area contributed by atoms with Gasteiger partial charge >= 0.3 is 0 Å². The number of benzene rings is 2. The summed E-state index contributed by atoms with van der Waals surface area (Å²) in [5.74, 6) is 4.66. The molecule has 0 aliphatic heterocycles. The monoisotopic (exact) mass is 448 g/mol. The van der Waals surface area contributed by atoms with Crippen LogP contribution >= 0.6 is 46.1 Å². The van der Waals surface area contributed by atoms with Crippen LogP contribution in [0, 0.1) is 11.2 Å². The highest BCUT2D eigenvalue weighted by Crippen LogP contribution is 2.33. The topological polar surface area (TPSA) is 18.5 Å². The summed E-state index contributed by atoms with van der Waals surface area (Å²) >= 11 is 5.64. The Balaban J connectivity index is 2.67. The maximum atomic E-state index is 5.39. The summed E-state index contributed by atoms with van der Waals surface area (Å²) < 4.78 is 11.6. The number of ether oxygens (including phenoxy) is 2. The second kappa shape index (κ2) is 6.73. The van der Waals surface area contributed by atoms with E-state index in [0.29, 0.717) is 0 Å². The van der Waals surface area contributed by atoms with Crippen molar-refractivity contribution in [1.82, 2.24) is 0 Å². The Bertz CT molecular complexity index is 676. The molecule has 0 saturated heterocycles. The second-order valence-electron chi connectivity index (χ2n) is 3.69. The van der Waals surface area contributed by atoms with E-state index in [-0.39, 0.29) is 0 Å². The molecule has 19 heavy (non-hydrogen) atoms. The Kier molecular flexibility index (Phi) is 5.25. The van der Waals surface area contributed by atoms with E-state index in [1.54, 1.807) is 14.2 Å². The van der Waals surface area contributed by atoms with Gasteiger partial charge in [0, 0.05) is 21.2 Å². The van der Waals surface area contributed by atoms with Crippen molar-refractivity contribution >= 4 is 56.8 Å². The van der Waals surface area contributed by atoms with Gasteiger partial charge in [0.05, 0.1) is 24.3 Å². The summed E-state index contributed by atoms with van der Waals surface area (Å²) in [6, 6.07) is 8.01. The van der Waals surface area contributed by atoms with Gasteiger partial charge in [-0.3, -0.25) is 0 Å². The fourth-order valence-electron chi connectivity index (χ4n) is 1.78. The molecule has 2 aromatic carbocycles.